The molecule has 4 aliphatic rings. The zero-order valence-electron chi connectivity index (χ0n) is 20.9. The van der Waals surface area contributed by atoms with Crippen LogP contribution in [-0.4, -0.2) is 54.0 Å². The van der Waals surface area contributed by atoms with Crippen LogP contribution in [-0.2, 0) is 17.6 Å². The maximum Gasteiger partial charge on any atom is 0.314 e. The fourth-order valence-electron chi connectivity index (χ4n) is 5.61. The van der Waals surface area contributed by atoms with Crippen molar-refractivity contribution in [2.45, 2.75) is 70.8 Å². The number of carbonyl (C=O) groups excluding carboxylic acids is 2. The normalized spacial score (nSPS) is 22.3. The number of likely N-dealkylation sites (tertiary alicyclic amines) is 2. The van der Waals surface area contributed by atoms with Crippen molar-refractivity contribution >= 4 is 27.9 Å². The van der Waals surface area contributed by atoms with Crippen molar-refractivity contribution in [2.24, 2.45) is 11.7 Å². The van der Waals surface area contributed by atoms with Crippen molar-refractivity contribution in [1.82, 2.24) is 15.1 Å². The summed E-state index contributed by atoms with van der Waals surface area (Å²) >= 11 is 3.54. The molecule has 1 atom stereocenters. The number of aryl methyl sites for hydroxylation is 2. The Hall–Kier alpha value is -2.28. The molecule has 0 aromatic heterocycles. The molecule has 3 heterocycles. The molecular weight excluding hydrogens is 504 g/mol. The molecule has 7 heteroatoms. The first-order valence-electron chi connectivity index (χ1n) is 13.1. The van der Waals surface area contributed by atoms with Gasteiger partial charge in [0.2, 0.25) is 5.91 Å². The van der Waals surface area contributed by atoms with E-state index in [-0.39, 0.29) is 6.03 Å². The fourth-order valence-corrected chi connectivity index (χ4v) is 6.03. The Balaban J connectivity index is 0.000000165. The minimum absolute atomic E-state index is 0.298. The van der Waals surface area contributed by atoms with E-state index in [9.17, 15) is 9.59 Å². The van der Waals surface area contributed by atoms with Crippen molar-refractivity contribution in [1.29, 1.82) is 0 Å². The number of nitrogens with one attached hydrogen (secondary N) is 1. The molecule has 0 saturated carbocycles. The Morgan fingerprint density at radius 3 is 2.49 bits per heavy atom. The maximum atomic E-state index is 12.1. The predicted octanol–water partition coefficient (Wildman–Crippen LogP) is 4.80. The van der Waals surface area contributed by atoms with Gasteiger partial charge in [-0.2, -0.15) is 0 Å². The van der Waals surface area contributed by atoms with Gasteiger partial charge in [0.1, 0.15) is 0 Å². The van der Waals surface area contributed by atoms with Crippen molar-refractivity contribution in [3.8, 4) is 0 Å². The predicted molar refractivity (Wildman–Crippen MR) is 144 cm³/mol. The van der Waals surface area contributed by atoms with Gasteiger partial charge in [0.15, 0.2) is 0 Å². The number of nitrogens with zero attached hydrogens (tertiary/aromatic N) is 2. The molecule has 35 heavy (non-hydrogen) atoms. The number of allylic oxidation sites excluding steroid dienone is 2. The average molecular weight is 544 g/mol. The number of hydrogen-bond acceptors (Lipinski definition) is 3. The number of halogens is 1. The van der Waals surface area contributed by atoms with Crippen molar-refractivity contribution in [3.63, 3.8) is 0 Å². The van der Waals surface area contributed by atoms with E-state index in [1.165, 1.54) is 35.1 Å². The van der Waals surface area contributed by atoms with Gasteiger partial charge in [0.05, 0.1) is 6.04 Å². The molecule has 0 radical (unpaired) electrons. The summed E-state index contributed by atoms with van der Waals surface area (Å²) < 4.78 is 1.16. The first-order chi connectivity index (χ1) is 16.9. The van der Waals surface area contributed by atoms with Crippen LogP contribution in [0, 0.1) is 12.8 Å². The minimum Gasteiger partial charge on any atom is -0.383 e. The fraction of sp³-hybridized carbons (Fsp3) is 0.571. The van der Waals surface area contributed by atoms with Gasteiger partial charge in [-0.25, -0.2) is 4.79 Å². The number of hydrogen-bond donors (Lipinski definition) is 2. The van der Waals surface area contributed by atoms with Crippen LogP contribution in [0.25, 0.3) is 0 Å². The van der Waals surface area contributed by atoms with E-state index in [4.69, 9.17) is 5.73 Å². The second kappa shape index (κ2) is 12.1. The van der Waals surface area contributed by atoms with Crippen molar-refractivity contribution in [3.05, 3.63) is 57.2 Å². The number of primary amides is 1. The van der Waals surface area contributed by atoms with Gasteiger partial charge in [0.25, 0.3) is 0 Å². The Morgan fingerprint density at radius 2 is 1.77 bits per heavy atom. The lowest BCUT2D eigenvalue weighted by molar-refractivity contribution is -0.133. The van der Waals surface area contributed by atoms with Crippen LogP contribution in [0.1, 0.15) is 61.6 Å². The Labute approximate surface area is 218 Å². The van der Waals surface area contributed by atoms with Crippen molar-refractivity contribution < 1.29 is 9.59 Å². The van der Waals surface area contributed by atoms with Crippen LogP contribution in [0.3, 0.4) is 0 Å². The van der Waals surface area contributed by atoms with Crippen LogP contribution >= 0.6 is 15.9 Å². The lowest BCUT2D eigenvalue weighted by atomic mass is 9.93. The highest BCUT2D eigenvalue weighted by Crippen LogP contribution is 2.29. The van der Waals surface area contributed by atoms with E-state index in [1.54, 1.807) is 4.90 Å². The third kappa shape index (κ3) is 7.12. The first-order valence-corrected chi connectivity index (χ1v) is 13.9. The zero-order chi connectivity index (χ0) is 24.8. The number of fused-ring (bicyclic) bond motifs is 2. The van der Waals surface area contributed by atoms with E-state index in [1.807, 2.05) is 4.90 Å². The Kier molecular flexibility index (Phi) is 8.93. The monoisotopic (exact) mass is 542 g/mol. The summed E-state index contributed by atoms with van der Waals surface area (Å²) in [5, 5.41) is 3.49. The Morgan fingerprint density at radius 1 is 1.03 bits per heavy atom. The molecule has 1 unspecified atom stereocenters. The summed E-state index contributed by atoms with van der Waals surface area (Å²) in [6.45, 7) is 5.44. The van der Waals surface area contributed by atoms with E-state index in [2.05, 4.69) is 58.6 Å². The van der Waals surface area contributed by atoms with Crippen molar-refractivity contribution in [2.75, 3.05) is 26.2 Å². The van der Waals surface area contributed by atoms with Gasteiger partial charge in [-0.3, -0.25) is 4.79 Å². The van der Waals surface area contributed by atoms with Crippen LogP contribution in [0.4, 0.5) is 4.79 Å². The number of benzene rings is 1. The number of urea groups is 1. The highest BCUT2D eigenvalue weighted by Gasteiger charge is 2.26. The van der Waals surface area contributed by atoms with Gasteiger partial charge >= 0.3 is 6.03 Å². The molecule has 2 saturated heterocycles. The molecule has 1 aromatic rings. The molecule has 2 fully saturated rings. The summed E-state index contributed by atoms with van der Waals surface area (Å²) in [6.07, 6.45) is 13.8. The number of piperidine rings is 2. The quantitative estimate of drug-likeness (QED) is 0.563. The van der Waals surface area contributed by atoms with Gasteiger partial charge < -0.3 is 20.9 Å². The van der Waals surface area contributed by atoms with E-state index < -0.39 is 0 Å². The molecule has 0 bridgehead atoms. The van der Waals surface area contributed by atoms with Crippen LogP contribution in [0.15, 0.2) is 40.5 Å². The first kappa shape index (κ1) is 25.8. The number of amides is 3. The minimum atomic E-state index is -0.337. The third-order valence-electron chi connectivity index (χ3n) is 7.76. The largest absolute Gasteiger partial charge is 0.383 e. The number of carbonyl (C=O) groups is 2. The van der Waals surface area contributed by atoms with Crippen LogP contribution in [0.2, 0.25) is 0 Å². The van der Waals surface area contributed by atoms with Gasteiger partial charge in [-0.05, 0) is 103 Å². The average Bonchev–Trinajstić information content (AvgIpc) is 3.04. The highest BCUT2D eigenvalue weighted by atomic mass is 79.9. The second-order valence-corrected chi connectivity index (χ2v) is 11.3. The summed E-state index contributed by atoms with van der Waals surface area (Å²) in [4.78, 5) is 26.8. The molecular formula is C28H39BrN4O2. The number of rotatable bonds is 2. The topological polar surface area (TPSA) is 78.7 Å². The molecule has 190 valence electrons. The molecule has 0 spiro atoms. The van der Waals surface area contributed by atoms with Gasteiger partial charge in [0, 0.05) is 43.3 Å². The molecule has 6 nitrogen and oxygen atoms in total. The lowest BCUT2D eigenvalue weighted by Gasteiger charge is -2.32. The molecule has 5 rings (SSSR count). The molecule has 3 aliphatic heterocycles. The zero-order valence-corrected chi connectivity index (χ0v) is 22.5. The van der Waals surface area contributed by atoms with E-state index in [0.29, 0.717) is 37.4 Å². The van der Waals surface area contributed by atoms with E-state index >= 15 is 0 Å². The van der Waals surface area contributed by atoms with Gasteiger partial charge in [-0.1, -0.05) is 23.8 Å². The number of dihydropyridines is 1. The summed E-state index contributed by atoms with van der Waals surface area (Å²) in [5.41, 5.74) is 11.2. The standard InChI is InChI=1S/C15H16BrN.C13H23N3O2/c1-10-2-3-12-8-15-13(5-4-11(12)6-10)7-14(16)9-17-15;14-13(18)16-8-4-11(5-9-16)10-12(17)15-6-2-1-3-7-15/h2-3,6-7,9,15,17H,4-5,8H2,1H3;11H,1-10H2,(H2,14,18). The van der Waals surface area contributed by atoms with Crippen LogP contribution in [0.5, 0.6) is 0 Å². The summed E-state index contributed by atoms with van der Waals surface area (Å²) in [7, 11) is 0. The molecule has 1 aromatic carbocycles. The van der Waals surface area contributed by atoms with E-state index in [0.717, 1.165) is 56.1 Å². The maximum absolute atomic E-state index is 12.1. The smallest absolute Gasteiger partial charge is 0.314 e. The number of nitrogens with two attached hydrogens (primary N) is 1. The van der Waals surface area contributed by atoms with Gasteiger partial charge in [-0.15, -0.1) is 0 Å². The SMILES string of the molecule is Cc1ccc2c(c1)CCC1=CC(Br)=CNC1C2.NC(=O)N1CCC(CC(=O)N2CCCCC2)CC1. The second-order valence-electron chi connectivity index (χ2n) is 10.4. The molecule has 1 aliphatic carbocycles. The lowest BCUT2D eigenvalue weighted by Crippen LogP contribution is -2.43. The van der Waals surface area contributed by atoms with Crippen LogP contribution < -0.4 is 11.1 Å². The summed E-state index contributed by atoms with van der Waals surface area (Å²) in [5.74, 6) is 0.724. The Bertz CT molecular complexity index is 975. The highest BCUT2D eigenvalue weighted by molar-refractivity contribution is 9.11. The third-order valence-corrected chi connectivity index (χ3v) is 8.22. The molecule has 3 N–H and O–H groups in total. The molecule has 3 amide bonds. The summed E-state index contributed by atoms with van der Waals surface area (Å²) in [6, 6.07) is 7.01.